The number of ketones is 1. The Morgan fingerprint density at radius 1 is 1.71 bits per heavy atom. The Balaban J connectivity index is 1.86. The molecule has 1 aromatic rings. The second-order valence-electron chi connectivity index (χ2n) is 4.65. The van der Waals surface area contributed by atoms with Crippen LogP contribution in [0.3, 0.4) is 0 Å². The van der Waals surface area contributed by atoms with Gasteiger partial charge in [-0.05, 0) is 35.4 Å². The third kappa shape index (κ3) is 0.577. The predicted molar refractivity (Wildman–Crippen MR) is 57.7 cm³/mol. The van der Waals surface area contributed by atoms with E-state index >= 15 is 0 Å². The second-order valence-corrected chi connectivity index (χ2v) is 5.75. The zero-order valence-corrected chi connectivity index (χ0v) is 9.85. The molecule has 4 aliphatic carbocycles. The highest BCUT2D eigenvalue weighted by molar-refractivity contribution is 14.1. The maximum atomic E-state index is 11.5. The number of fused-ring (bicyclic) bond motifs is 1. The van der Waals surface area contributed by atoms with Crippen LogP contribution in [-0.2, 0) is 10.3 Å². The Labute approximate surface area is 95.0 Å². The first-order chi connectivity index (χ1) is 6.67. The zero-order chi connectivity index (χ0) is 9.66. The molecule has 4 aliphatic rings. The van der Waals surface area contributed by atoms with Crippen LogP contribution in [0.25, 0.3) is 0 Å². The standard InChI is InChI=1S/C10H9IN2O/c1-4-12-7(11)3-13(4)10-5-2-6(14)9(10)8(5)10/h3,5,8-9H,2H2,1H3/t5-,8-,9?,10-/m0/s1. The minimum atomic E-state index is 0.220. The summed E-state index contributed by atoms with van der Waals surface area (Å²) < 4.78 is 3.30. The summed E-state index contributed by atoms with van der Waals surface area (Å²) in [6.45, 7) is 2.04. The van der Waals surface area contributed by atoms with E-state index in [0.717, 1.165) is 15.9 Å². The molecule has 3 nitrogen and oxygen atoms in total. The quantitative estimate of drug-likeness (QED) is 0.734. The minimum Gasteiger partial charge on any atom is -0.327 e. The maximum absolute atomic E-state index is 11.5. The minimum absolute atomic E-state index is 0.220. The number of Topliss-reactive ketones (excluding diaryl/α,β-unsaturated/α-hetero) is 1. The van der Waals surface area contributed by atoms with Gasteiger partial charge in [-0.1, -0.05) is 0 Å². The molecule has 0 aliphatic heterocycles. The number of imidazole rings is 1. The molecule has 14 heavy (non-hydrogen) atoms. The van der Waals surface area contributed by atoms with E-state index in [-0.39, 0.29) is 5.54 Å². The largest absolute Gasteiger partial charge is 0.327 e. The summed E-state index contributed by atoms with van der Waals surface area (Å²) in [5, 5.41) is 0. The molecule has 2 bridgehead atoms. The van der Waals surface area contributed by atoms with Gasteiger partial charge in [0.05, 0.1) is 5.54 Å². The molecule has 0 spiro atoms. The Hall–Kier alpha value is -0.390. The summed E-state index contributed by atoms with van der Waals surface area (Å²) >= 11 is 2.24. The summed E-state index contributed by atoms with van der Waals surface area (Å²) in [4.78, 5) is 15.9. The molecule has 1 heterocycles. The maximum Gasteiger partial charge on any atom is 0.139 e. The van der Waals surface area contributed by atoms with Crippen molar-refractivity contribution < 1.29 is 4.79 Å². The molecule has 4 fully saturated rings. The molecule has 4 atom stereocenters. The normalized spacial score (nSPS) is 46.7. The van der Waals surface area contributed by atoms with Gasteiger partial charge in [-0.15, -0.1) is 0 Å². The fraction of sp³-hybridized carbons (Fsp3) is 0.600. The topological polar surface area (TPSA) is 34.9 Å². The number of halogens is 1. The van der Waals surface area contributed by atoms with E-state index in [1.807, 2.05) is 6.92 Å². The van der Waals surface area contributed by atoms with E-state index in [1.165, 1.54) is 0 Å². The van der Waals surface area contributed by atoms with Crippen LogP contribution in [0, 0.1) is 28.4 Å². The Morgan fingerprint density at radius 3 is 2.93 bits per heavy atom. The van der Waals surface area contributed by atoms with Gasteiger partial charge in [0.15, 0.2) is 0 Å². The van der Waals surface area contributed by atoms with Gasteiger partial charge in [0.1, 0.15) is 15.3 Å². The SMILES string of the molecule is Cc1nc(I)cn1[C@@]12C3C(=O)C[C@H]1[C@@H]32. The fourth-order valence-corrected chi connectivity index (χ4v) is 4.30. The molecule has 5 rings (SSSR count). The third-order valence-electron chi connectivity index (χ3n) is 4.24. The van der Waals surface area contributed by atoms with E-state index in [2.05, 4.69) is 38.3 Å². The molecular formula is C10H9IN2O. The molecule has 0 amide bonds. The van der Waals surface area contributed by atoms with Gasteiger partial charge < -0.3 is 4.57 Å². The molecule has 1 aromatic heterocycles. The van der Waals surface area contributed by atoms with E-state index in [1.54, 1.807) is 0 Å². The molecule has 4 saturated carbocycles. The van der Waals surface area contributed by atoms with E-state index < -0.39 is 0 Å². The van der Waals surface area contributed by atoms with Crippen LogP contribution in [0.4, 0.5) is 0 Å². The van der Waals surface area contributed by atoms with Gasteiger partial charge in [-0.2, -0.15) is 0 Å². The van der Waals surface area contributed by atoms with Crippen LogP contribution in [0.2, 0.25) is 0 Å². The van der Waals surface area contributed by atoms with E-state index in [4.69, 9.17) is 0 Å². The Morgan fingerprint density at radius 2 is 2.50 bits per heavy atom. The summed E-state index contributed by atoms with van der Waals surface area (Å²) in [5.74, 6) is 3.25. The van der Waals surface area contributed by atoms with Gasteiger partial charge in [0.2, 0.25) is 0 Å². The average Bonchev–Trinajstić information content (AvgIpc) is 2.78. The van der Waals surface area contributed by atoms with Gasteiger partial charge >= 0.3 is 0 Å². The summed E-state index contributed by atoms with van der Waals surface area (Å²) in [5.41, 5.74) is 0.220. The van der Waals surface area contributed by atoms with Crippen molar-refractivity contribution in [2.45, 2.75) is 18.9 Å². The molecule has 0 aromatic carbocycles. The van der Waals surface area contributed by atoms with Crippen molar-refractivity contribution in [3.63, 3.8) is 0 Å². The number of hydrogen-bond acceptors (Lipinski definition) is 2. The fourth-order valence-electron chi connectivity index (χ4n) is 3.67. The molecule has 1 unspecified atom stereocenters. The monoisotopic (exact) mass is 300 g/mol. The van der Waals surface area contributed by atoms with Crippen LogP contribution in [0.15, 0.2) is 6.20 Å². The first-order valence-corrected chi connectivity index (χ1v) is 6.00. The summed E-state index contributed by atoms with van der Waals surface area (Å²) in [7, 11) is 0. The van der Waals surface area contributed by atoms with Gasteiger partial charge in [-0.25, -0.2) is 4.98 Å². The predicted octanol–water partition coefficient (Wildman–Crippen LogP) is 1.34. The summed E-state index contributed by atoms with van der Waals surface area (Å²) in [6.07, 6.45) is 2.92. The highest BCUT2D eigenvalue weighted by Crippen LogP contribution is 2.87. The zero-order valence-electron chi connectivity index (χ0n) is 7.70. The van der Waals surface area contributed by atoms with E-state index in [9.17, 15) is 4.79 Å². The van der Waals surface area contributed by atoms with Gasteiger partial charge in [0, 0.05) is 24.5 Å². The Bertz CT molecular complexity index is 474. The van der Waals surface area contributed by atoms with Crippen molar-refractivity contribution in [2.75, 3.05) is 0 Å². The van der Waals surface area contributed by atoms with E-state index in [0.29, 0.717) is 23.5 Å². The first kappa shape index (κ1) is 7.84. The van der Waals surface area contributed by atoms with Gasteiger partial charge in [-0.3, -0.25) is 4.79 Å². The van der Waals surface area contributed by atoms with Crippen molar-refractivity contribution in [3.8, 4) is 0 Å². The van der Waals surface area contributed by atoms with Crippen LogP contribution < -0.4 is 0 Å². The van der Waals surface area contributed by atoms with Crippen molar-refractivity contribution in [3.05, 3.63) is 15.7 Å². The molecule has 4 heteroatoms. The lowest BCUT2D eigenvalue weighted by Gasteiger charge is -2.10. The lowest BCUT2D eigenvalue weighted by molar-refractivity contribution is -0.118. The van der Waals surface area contributed by atoms with Crippen molar-refractivity contribution in [2.24, 2.45) is 17.8 Å². The number of aryl methyl sites for hydroxylation is 1. The average molecular weight is 300 g/mol. The van der Waals surface area contributed by atoms with Crippen molar-refractivity contribution >= 4 is 28.4 Å². The number of aromatic nitrogens is 2. The van der Waals surface area contributed by atoms with Crippen LogP contribution in [-0.4, -0.2) is 15.3 Å². The highest BCUT2D eigenvalue weighted by Gasteiger charge is 2.94. The van der Waals surface area contributed by atoms with Crippen molar-refractivity contribution in [1.82, 2.24) is 9.55 Å². The number of nitrogens with zero attached hydrogens (tertiary/aromatic N) is 2. The lowest BCUT2D eigenvalue weighted by Crippen LogP contribution is -2.15. The van der Waals surface area contributed by atoms with Gasteiger partial charge in [0.25, 0.3) is 0 Å². The smallest absolute Gasteiger partial charge is 0.139 e. The van der Waals surface area contributed by atoms with Crippen LogP contribution in [0.5, 0.6) is 0 Å². The summed E-state index contributed by atoms with van der Waals surface area (Å²) in [6, 6.07) is 0. The molecule has 0 N–H and O–H groups in total. The molecular weight excluding hydrogens is 291 g/mol. The second kappa shape index (κ2) is 1.94. The lowest BCUT2D eigenvalue weighted by atomic mass is 10.1. The number of carbonyl (C=O) groups is 1. The number of hydrogen-bond donors (Lipinski definition) is 0. The number of rotatable bonds is 1. The molecule has 0 radical (unpaired) electrons. The van der Waals surface area contributed by atoms with Crippen LogP contribution in [0.1, 0.15) is 12.2 Å². The van der Waals surface area contributed by atoms with Crippen LogP contribution >= 0.6 is 22.6 Å². The third-order valence-corrected chi connectivity index (χ3v) is 4.76. The first-order valence-electron chi connectivity index (χ1n) is 4.92. The Kier molecular flexibility index (Phi) is 1.09. The highest BCUT2D eigenvalue weighted by atomic mass is 127. The molecule has 0 saturated heterocycles. The number of carbonyl (C=O) groups excluding carboxylic acids is 1. The van der Waals surface area contributed by atoms with Crippen molar-refractivity contribution in [1.29, 1.82) is 0 Å². The molecule has 72 valence electrons.